The van der Waals surface area contributed by atoms with E-state index < -0.39 is 0 Å². The first-order valence-corrected chi connectivity index (χ1v) is 11.1. The number of aliphatic hydroxyl groups is 1. The molecule has 1 aromatic carbocycles. The molecule has 0 saturated carbocycles. The van der Waals surface area contributed by atoms with Crippen LogP contribution in [0.25, 0.3) is 0 Å². The number of H-pyrrole nitrogens is 1. The van der Waals surface area contributed by atoms with Crippen LogP contribution in [0.1, 0.15) is 47.3 Å². The van der Waals surface area contributed by atoms with Crippen LogP contribution in [0.4, 0.5) is 0 Å². The van der Waals surface area contributed by atoms with Gasteiger partial charge in [-0.2, -0.15) is 5.10 Å². The lowest BCUT2D eigenvalue weighted by molar-refractivity contribution is -0.140. The normalized spacial score (nSPS) is 25.1. The Morgan fingerprint density at radius 2 is 2.03 bits per heavy atom. The zero-order valence-electron chi connectivity index (χ0n) is 18.4. The number of hydrogen-bond acceptors (Lipinski definition) is 4. The van der Waals surface area contributed by atoms with Crippen LogP contribution in [0.5, 0.6) is 0 Å². The van der Waals surface area contributed by atoms with Crippen molar-refractivity contribution in [2.24, 2.45) is 5.41 Å². The highest BCUT2D eigenvalue weighted by Crippen LogP contribution is 2.39. The Morgan fingerprint density at radius 3 is 2.77 bits per heavy atom. The lowest BCUT2D eigenvalue weighted by atomic mass is 9.71. The number of aliphatic hydroxyl groups excluding tert-OH is 1. The van der Waals surface area contributed by atoms with E-state index in [9.17, 15) is 9.90 Å². The molecule has 3 heterocycles. The molecule has 2 aliphatic rings. The molecule has 0 radical (unpaired) electrons. The first-order chi connectivity index (χ1) is 14.4. The van der Waals surface area contributed by atoms with Gasteiger partial charge in [0.1, 0.15) is 0 Å². The van der Waals surface area contributed by atoms with Gasteiger partial charge >= 0.3 is 0 Å². The van der Waals surface area contributed by atoms with E-state index >= 15 is 0 Å². The largest absolute Gasteiger partial charge is 0.392 e. The smallest absolute Gasteiger partial charge is 0.227 e. The molecule has 162 valence electrons. The molecular weight excluding hydrogens is 376 g/mol. The summed E-state index contributed by atoms with van der Waals surface area (Å²) < 4.78 is 0. The van der Waals surface area contributed by atoms with Crippen molar-refractivity contribution in [1.29, 1.82) is 0 Å². The van der Waals surface area contributed by atoms with Gasteiger partial charge in [-0.1, -0.05) is 24.3 Å². The van der Waals surface area contributed by atoms with Crippen molar-refractivity contribution in [2.45, 2.75) is 59.1 Å². The molecule has 6 heteroatoms. The van der Waals surface area contributed by atoms with Crippen molar-refractivity contribution in [2.75, 3.05) is 26.2 Å². The van der Waals surface area contributed by atoms with Crippen LogP contribution < -0.4 is 0 Å². The van der Waals surface area contributed by atoms with Gasteiger partial charge in [-0.15, -0.1) is 0 Å². The number of likely N-dealkylation sites (tertiary alicyclic amines) is 2. The van der Waals surface area contributed by atoms with Gasteiger partial charge in [-0.3, -0.25) is 14.8 Å². The number of nitrogens with one attached hydrogen (secondary N) is 1. The minimum absolute atomic E-state index is 0.175. The van der Waals surface area contributed by atoms with Crippen molar-refractivity contribution in [3.8, 4) is 0 Å². The van der Waals surface area contributed by atoms with Gasteiger partial charge in [0, 0.05) is 49.4 Å². The number of amides is 1. The van der Waals surface area contributed by atoms with Gasteiger partial charge in [0.25, 0.3) is 0 Å². The second kappa shape index (κ2) is 8.52. The Labute approximate surface area is 179 Å². The van der Waals surface area contributed by atoms with Gasteiger partial charge in [-0.05, 0) is 51.2 Å². The molecule has 4 rings (SSSR count). The fraction of sp³-hybridized carbons (Fsp3) is 0.583. The number of hydrogen-bond donors (Lipinski definition) is 2. The van der Waals surface area contributed by atoms with E-state index in [2.05, 4.69) is 35.0 Å². The van der Waals surface area contributed by atoms with Crippen molar-refractivity contribution in [3.63, 3.8) is 0 Å². The average Bonchev–Trinajstić information content (AvgIpc) is 3.04. The lowest BCUT2D eigenvalue weighted by Crippen LogP contribution is -2.59. The Kier molecular flexibility index (Phi) is 5.98. The maximum absolute atomic E-state index is 13.1. The molecule has 1 amide bonds. The Bertz CT molecular complexity index is 889. The standard InChI is InChI=1S/C24H34N4O2/c1-17-7-4-5-8-20(17)13-23(30)28-11-6-10-24(16-28)15-27(12-9-22(24)29)14-21-18(2)25-26-19(21)3/h4-5,7-8,22,29H,6,9-16H2,1-3H3,(H,25,26)/t22?,24-/m1/s1. The van der Waals surface area contributed by atoms with E-state index in [-0.39, 0.29) is 17.4 Å². The number of carbonyl (C=O) groups is 1. The van der Waals surface area contributed by atoms with Crippen LogP contribution in [-0.4, -0.2) is 63.3 Å². The second-order valence-corrected chi connectivity index (χ2v) is 9.31. The number of carbonyl (C=O) groups excluding carboxylic acids is 1. The molecule has 2 saturated heterocycles. The van der Waals surface area contributed by atoms with Gasteiger partial charge in [0.15, 0.2) is 0 Å². The highest BCUT2D eigenvalue weighted by atomic mass is 16.3. The number of rotatable bonds is 4. The number of piperidine rings is 2. The molecule has 1 aromatic heterocycles. The van der Waals surface area contributed by atoms with E-state index in [1.54, 1.807) is 0 Å². The highest BCUT2D eigenvalue weighted by molar-refractivity contribution is 5.79. The van der Waals surface area contributed by atoms with Crippen LogP contribution in [0.15, 0.2) is 24.3 Å². The van der Waals surface area contributed by atoms with Gasteiger partial charge in [-0.25, -0.2) is 0 Å². The fourth-order valence-corrected chi connectivity index (χ4v) is 5.26. The van der Waals surface area contributed by atoms with Crippen molar-refractivity contribution in [3.05, 3.63) is 52.3 Å². The van der Waals surface area contributed by atoms with E-state index in [4.69, 9.17) is 0 Å². The van der Waals surface area contributed by atoms with Gasteiger partial charge < -0.3 is 10.0 Å². The van der Waals surface area contributed by atoms with Crippen molar-refractivity contribution < 1.29 is 9.90 Å². The van der Waals surface area contributed by atoms with Crippen molar-refractivity contribution >= 4 is 5.91 Å². The summed E-state index contributed by atoms with van der Waals surface area (Å²) in [6, 6.07) is 8.11. The summed E-state index contributed by atoms with van der Waals surface area (Å²) in [5, 5.41) is 18.4. The lowest BCUT2D eigenvalue weighted by Gasteiger charge is -2.51. The molecule has 30 heavy (non-hydrogen) atoms. The predicted molar refractivity (Wildman–Crippen MR) is 117 cm³/mol. The van der Waals surface area contributed by atoms with E-state index in [1.165, 1.54) is 5.56 Å². The first kappa shape index (κ1) is 21.1. The van der Waals surface area contributed by atoms with Crippen LogP contribution in [0.3, 0.4) is 0 Å². The third kappa shape index (κ3) is 4.16. The van der Waals surface area contributed by atoms with E-state index in [0.29, 0.717) is 13.0 Å². The molecule has 0 aliphatic carbocycles. The molecule has 1 spiro atoms. The summed E-state index contributed by atoms with van der Waals surface area (Å²) >= 11 is 0. The Balaban J connectivity index is 1.46. The molecule has 0 bridgehead atoms. The highest BCUT2D eigenvalue weighted by Gasteiger charge is 2.46. The summed E-state index contributed by atoms with van der Waals surface area (Å²) in [7, 11) is 0. The fourth-order valence-electron chi connectivity index (χ4n) is 5.26. The van der Waals surface area contributed by atoms with Gasteiger partial charge in [0.2, 0.25) is 5.91 Å². The zero-order chi connectivity index (χ0) is 21.3. The van der Waals surface area contributed by atoms with Crippen molar-refractivity contribution in [1.82, 2.24) is 20.0 Å². The minimum atomic E-state index is -0.352. The summed E-state index contributed by atoms with van der Waals surface area (Å²) in [4.78, 5) is 17.5. The summed E-state index contributed by atoms with van der Waals surface area (Å²) in [5.41, 5.74) is 5.44. The van der Waals surface area contributed by atoms with Crippen LogP contribution >= 0.6 is 0 Å². The summed E-state index contributed by atoms with van der Waals surface area (Å²) in [5.74, 6) is 0.175. The molecule has 2 N–H and O–H groups in total. The Hall–Kier alpha value is -2.18. The molecule has 2 atom stereocenters. The Morgan fingerprint density at radius 1 is 1.23 bits per heavy atom. The molecule has 2 aliphatic heterocycles. The molecule has 6 nitrogen and oxygen atoms in total. The molecule has 2 fully saturated rings. The maximum atomic E-state index is 13.1. The van der Waals surface area contributed by atoms with Crippen LogP contribution in [0, 0.1) is 26.2 Å². The molecule has 1 unspecified atom stereocenters. The van der Waals surface area contributed by atoms with E-state index in [1.807, 2.05) is 30.0 Å². The SMILES string of the molecule is Cc1ccccc1CC(=O)N1CCC[C@@]2(CN(Cc3c(C)n[nH]c3C)CCC2O)C1. The number of aromatic nitrogens is 2. The number of nitrogens with zero attached hydrogens (tertiary/aromatic N) is 3. The molecular formula is C24H34N4O2. The molecule has 2 aromatic rings. The summed E-state index contributed by atoms with van der Waals surface area (Å²) in [6.07, 6.45) is 2.77. The van der Waals surface area contributed by atoms with Gasteiger partial charge in [0.05, 0.1) is 18.2 Å². The zero-order valence-corrected chi connectivity index (χ0v) is 18.4. The number of benzene rings is 1. The number of aryl methyl sites for hydroxylation is 3. The van der Waals surface area contributed by atoms with E-state index in [0.717, 1.165) is 68.0 Å². The van der Waals surface area contributed by atoms with Crippen LogP contribution in [-0.2, 0) is 17.8 Å². The minimum Gasteiger partial charge on any atom is -0.392 e. The first-order valence-electron chi connectivity index (χ1n) is 11.1. The topological polar surface area (TPSA) is 72.5 Å². The second-order valence-electron chi connectivity index (χ2n) is 9.31. The average molecular weight is 411 g/mol. The third-order valence-electron chi connectivity index (χ3n) is 7.19. The number of aromatic amines is 1. The third-order valence-corrected chi connectivity index (χ3v) is 7.19. The summed E-state index contributed by atoms with van der Waals surface area (Å²) in [6.45, 7) is 10.2. The van der Waals surface area contributed by atoms with Crippen LogP contribution in [0.2, 0.25) is 0 Å². The monoisotopic (exact) mass is 410 g/mol. The quantitative estimate of drug-likeness (QED) is 0.813. The maximum Gasteiger partial charge on any atom is 0.227 e. The predicted octanol–water partition coefficient (Wildman–Crippen LogP) is 2.75.